The van der Waals surface area contributed by atoms with E-state index in [1.54, 1.807) is 38.2 Å². The summed E-state index contributed by atoms with van der Waals surface area (Å²) in [4.78, 5) is 25.5. The van der Waals surface area contributed by atoms with E-state index in [0.29, 0.717) is 24.1 Å². The fourth-order valence-electron chi connectivity index (χ4n) is 2.07. The van der Waals surface area contributed by atoms with Crippen molar-refractivity contribution in [2.75, 3.05) is 18.5 Å². The molecule has 0 heterocycles. The summed E-state index contributed by atoms with van der Waals surface area (Å²) in [6, 6.07) is 6.96. The number of rotatable bonds is 7. The van der Waals surface area contributed by atoms with E-state index >= 15 is 0 Å². The van der Waals surface area contributed by atoms with Gasteiger partial charge < -0.3 is 15.3 Å². The summed E-state index contributed by atoms with van der Waals surface area (Å²) >= 11 is 0. The molecule has 1 unspecified atom stereocenters. The molecule has 2 N–H and O–H groups in total. The SMILES string of the molecule is CCCC(O)CNC(=O)c1ccccc1N(C)C(=O)CC. The molecule has 116 valence electrons. The van der Waals surface area contributed by atoms with Crippen LogP contribution >= 0.6 is 0 Å². The molecule has 1 rings (SSSR count). The Morgan fingerprint density at radius 2 is 1.95 bits per heavy atom. The quantitative estimate of drug-likeness (QED) is 0.807. The Hall–Kier alpha value is -1.88. The Bertz CT molecular complexity index is 488. The fraction of sp³-hybridized carbons (Fsp3) is 0.500. The van der Waals surface area contributed by atoms with Crippen molar-refractivity contribution in [2.24, 2.45) is 0 Å². The Labute approximate surface area is 126 Å². The van der Waals surface area contributed by atoms with Gasteiger partial charge in [-0.2, -0.15) is 0 Å². The number of nitrogens with one attached hydrogen (secondary N) is 1. The lowest BCUT2D eigenvalue weighted by atomic mass is 10.1. The predicted octanol–water partition coefficient (Wildman–Crippen LogP) is 1.95. The molecule has 1 aromatic rings. The zero-order valence-corrected chi connectivity index (χ0v) is 12.9. The lowest BCUT2D eigenvalue weighted by molar-refractivity contribution is -0.118. The molecular weight excluding hydrogens is 268 g/mol. The first-order chi connectivity index (χ1) is 10.0. The van der Waals surface area contributed by atoms with Crippen LogP contribution in [0.1, 0.15) is 43.5 Å². The third-order valence-corrected chi connectivity index (χ3v) is 3.31. The minimum absolute atomic E-state index is 0.0544. The van der Waals surface area contributed by atoms with E-state index in [1.807, 2.05) is 6.92 Å². The average Bonchev–Trinajstić information content (AvgIpc) is 2.51. The number of benzene rings is 1. The summed E-state index contributed by atoms with van der Waals surface area (Å²) in [7, 11) is 1.66. The summed E-state index contributed by atoms with van der Waals surface area (Å²) in [6.45, 7) is 3.97. The molecule has 0 saturated carbocycles. The van der Waals surface area contributed by atoms with Crippen LogP contribution < -0.4 is 10.2 Å². The van der Waals surface area contributed by atoms with Crippen molar-refractivity contribution < 1.29 is 14.7 Å². The molecule has 0 aliphatic rings. The Morgan fingerprint density at radius 3 is 2.57 bits per heavy atom. The molecule has 21 heavy (non-hydrogen) atoms. The molecule has 0 spiro atoms. The van der Waals surface area contributed by atoms with Gasteiger partial charge in [0.05, 0.1) is 17.4 Å². The highest BCUT2D eigenvalue weighted by atomic mass is 16.3. The number of carbonyl (C=O) groups excluding carboxylic acids is 2. The molecule has 0 saturated heterocycles. The number of nitrogens with zero attached hydrogens (tertiary/aromatic N) is 1. The Balaban J connectivity index is 2.83. The highest BCUT2D eigenvalue weighted by Crippen LogP contribution is 2.19. The summed E-state index contributed by atoms with van der Waals surface area (Å²) in [5.41, 5.74) is 1.01. The second-order valence-corrected chi connectivity index (χ2v) is 4.98. The Morgan fingerprint density at radius 1 is 1.29 bits per heavy atom. The molecule has 1 aromatic carbocycles. The molecule has 0 radical (unpaired) electrons. The molecule has 0 aliphatic carbocycles. The van der Waals surface area contributed by atoms with Crippen molar-refractivity contribution in [3.63, 3.8) is 0 Å². The van der Waals surface area contributed by atoms with Crippen LogP contribution in [-0.2, 0) is 4.79 Å². The number of hydrogen-bond donors (Lipinski definition) is 2. The monoisotopic (exact) mass is 292 g/mol. The molecule has 0 fully saturated rings. The van der Waals surface area contributed by atoms with Crippen LogP contribution in [0.4, 0.5) is 5.69 Å². The minimum atomic E-state index is -0.541. The highest BCUT2D eigenvalue weighted by Gasteiger charge is 2.17. The zero-order valence-electron chi connectivity index (χ0n) is 12.9. The smallest absolute Gasteiger partial charge is 0.253 e. The topological polar surface area (TPSA) is 69.6 Å². The van der Waals surface area contributed by atoms with Crippen molar-refractivity contribution in [3.05, 3.63) is 29.8 Å². The lowest BCUT2D eigenvalue weighted by Crippen LogP contribution is -2.34. The molecule has 1 atom stereocenters. The van der Waals surface area contributed by atoms with E-state index < -0.39 is 6.10 Å². The first-order valence-electron chi connectivity index (χ1n) is 7.33. The number of carbonyl (C=O) groups is 2. The van der Waals surface area contributed by atoms with Gasteiger partial charge in [0.25, 0.3) is 5.91 Å². The molecule has 5 nitrogen and oxygen atoms in total. The summed E-state index contributed by atoms with van der Waals surface area (Å²) in [5.74, 6) is -0.335. The molecule has 2 amide bonds. The highest BCUT2D eigenvalue weighted by molar-refractivity contribution is 6.04. The van der Waals surface area contributed by atoms with Gasteiger partial charge in [0.15, 0.2) is 0 Å². The molecule has 5 heteroatoms. The number of aliphatic hydroxyl groups is 1. The normalized spacial score (nSPS) is 11.8. The van der Waals surface area contributed by atoms with E-state index in [0.717, 1.165) is 6.42 Å². The van der Waals surface area contributed by atoms with Crippen LogP contribution in [0.5, 0.6) is 0 Å². The van der Waals surface area contributed by atoms with E-state index in [1.165, 1.54) is 4.90 Å². The van der Waals surface area contributed by atoms with Gasteiger partial charge in [-0.1, -0.05) is 32.4 Å². The van der Waals surface area contributed by atoms with Gasteiger partial charge in [-0.3, -0.25) is 9.59 Å². The predicted molar refractivity (Wildman–Crippen MR) is 83.4 cm³/mol. The first kappa shape index (κ1) is 17.2. The largest absolute Gasteiger partial charge is 0.391 e. The van der Waals surface area contributed by atoms with Crippen molar-refractivity contribution in [1.29, 1.82) is 0 Å². The summed E-state index contributed by atoms with van der Waals surface area (Å²) in [5, 5.41) is 12.4. The van der Waals surface area contributed by atoms with Crippen LogP contribution in [-0.4, -0.2) is 36.6 Å². The van der Waals surface area contributed by atoms with Gasteiger partial charge >= 0.3 is 0 Å². The van der Waals surface area contributed by atoms with Crippen molar-refractivity contribution in [3.8, 4) is 0 Å². The van der Waals surface area contributed by atoms with Crippen LogP contribution in [0.2, 0.25) is 0 Å². The second-order valence-electron chi connectivity index (χ2n) is 4.98. The van der Waals surface area contributed by atoms with Crippen LogP contribution in [0.15, 0.2) is 24.3 Å². The molecule has 0 aliphatic heterocycles. The molecular formula is C16H24N2O3. The maximum Gasteiger partial charge on any atom is 0.253 e. The van der Waals surface area contributed by atoms with Crippen LogP contribution in [0.3, 0.4) is 0 Å². The Kier molecular flexibility index (Phi) is 6.88. The van der Waals surface area contributed by atoms with Gasteiger partial charge in [-0.15, -0.1) is 0 Å². The number of para-hydroxylation sites is 1. The minimum Gasteiger partial charge on any atom is -0.391 e. The zero-order chi connectivity index (χ0) is 15.8. The van der Waals surface area contributed by atoms with E-state index in [9.17, 15) is 14.7 Å². The lowest BCUT2D eigenvalue weighted by Gasteiger charge is -2.20. The van der Waals surface area contributed by atoms with Gasteiger partial charge in [-0.25, -0.2) is 0 Å². The van der Waals surface area contributed by atoms with Gasteiger partial charge in [0.1, 0.15) is 0 Å². The van der Waals surface area contributed by atoms with Crippen LogP contribution in [0.25, 0.3) is 0 Å². The van der Waals surface area contributed by atoms with Gasteiger partial charge in [0.2, 0.25) is 5.91 Å². The number of amides is 2. The third kappa shape index (κ3) is 4.86. The molecule has 0 bridgehead atoms. The molecule has 0 aromatic heterocycles. The number of anilines is 1. The first-order valence-corrected chi connectivity index (χ1v) is 7.33. The maximum atomic E-state index is 12.2. The van der Waals surface area contributed by atoms with E-state index in [4.69, 9.17) is 0 Å². The number of aliphatic hydroxyl groups excluding tert-OH is 1. The average molecular weight is 292 g/mol. The van der Waals surface area contributed by atoms with E-state index in [-0.39, 0.29) is 18.4 Å². The standard InChI is InChI=1S/C16H24N2O3/c1-4-8-12(19)11-17-16(21)13-9-6-7-10-14(13)18(3)15(20)5-2/h6-7,9-10,12,19H,4-5,8,11H2,1-3H3,(H,17,21). The van der Waals surface area contributed by atoms with Crippen molar-refractivity contribution >= 4 is 17.5 Å². The third-order valence-electron chi connectivity index (χ3n) is 3.31. The number of hydrogen-bond acceptors (Lipinski definition) is 3. The van der Waals surface area contributed by atoms with E-state index in [2.05, 4.69) is 5.32 Å². The van der Waals surface area contributed by atoms with Gasteiger partial charge in [-0.05, 0) is 18.6 Å². The van der Waals surface area contributed by atoms with Crippen LogP contribution in [0, 0.1) is 0 Å². The fourth-order valence-corrected chi connectivity index (χ4v) is 2.07. The second kappa shape index (κ2) is 8.42. The van der Waals surface area contributed by atoms with Crippen molar-refractivity contribution in [2.45, 2.75) is 39.2 Å². The van der Waals surface area contributed by atoms with Gasteiger partial charge in [0, 0.05) is 20.0 Å². The van der Waals surface area contributed by atoms with Crippen molar-refractivity contribution in [1.82, 2.24) is 5.32 Å². The summed E-state index contributed by atoms with van der Waals surface area (Å²) in [6.07, 6.45) is 1.35. The summed E-state index contributed by atoms with van der Waals surface area (Å²) < 4.78 is 0. The maximum absolute atomic E-state index is 12.2.